The average molecular weight is 635 g/mol. The number of unbranched alkanes of at least 4 members (excludes halogenated alkanes) is 9. The summed E-state index contributed by atoms with van der Waals surface area (Å²) in [4.78, 5) is 14.6. The van der Waals surface area contributed by atoms with E-state index in [1.807, 2.05) is 48.5 Å². The molecule has 0 atom stereocenters. The molecule has 4 aromatic rings. The standard InChI is InChI=1S/C33H37Br2N3/c1-2-3-4-5-6-7-8-9-10-11-14-25-19-21-26(22-20-25)31-36-32(27-15-12-17-29(34)23-27)38-33(37-31)28-16-13-18-30(35)24-28/h12-13,15-24H,2-11,14H2,1H3. The lowest BCUT2D eigenvalue weighted by atomic mass is 10.0. The van der Waals surface area contributed by atoms with E-state index in [2.05, 4.69) is 63.0 Å². The number of benzene rings is 3. The molecule has 3 nitrogen and oxygen atoms in total. The van der Waals surface area contributed by atoms with Crippen LogP contribution in [0.15, 0.2) is 81.7 Å². The molecule has 0 amide bonds. The molecule has 0 saturated heterocycles. The van der Waals surface area contributed by atoms with Crippen molar-refractivity contribution in [1.29, 1.82) is 0 Å². The minimum absolute atomic E-state index is 0.667. The number of nitrogens with zero attached hydrogens (tertiary/aromatic N) is 3. The molecule has 3 aromatic carbocycles. The number of halogens is 2. The highest BCUT2D eigenvalue weighted by Gasteiger charge is 2.13. The molecule has 0 bridgehead atoms. The van der Waals surface area contributed by atoms with Gasteiger partial charge in [-0.2, -0.15) is 0 Å². The van der Waals surface area contributed by atoms with Crippen molar-refractivity contribution in [1.82, 2.24) is 15.0 Å². The van der Waals surface area contributed by atoms with Gasteiger partial charge >= 0.3 is 0 Å². The van der Waals surface area contributed by atoms with Gasteiger partial charge in [0.15, 0.2) is 17.5 Å². The van der Waals surface area contributed by atoms with Crippen LogP contribution < -0.4 is 0 Å². The first-order valence-corrected chi connectivity index (χ1v) is 15.6. The summed E-state index contributed by atoms with van der Waals surface area (Å²) < 4.78 is 1.99. The fourth-order valence-corrected chi connectivity index (χ4v) is 5.45. The Bertz CT molecular complexity index is 1220. The normalized spacial score (nSPS) is 11.1. The number of rotatable bonds is 14. The Kier molecular flexibility index (Phi) is 11.5. The summed E-state index contributed by atoms with van der Waals surface area (Å²) in [6, 6.07) is 24.9. The van der Waals surface area contributed by atoms with Crippen molar-refractivity contribution in [3.63, 3.8) is 0 Å². The first kappa shape index (κ1) is 28.6. The maximum atomic E-state index is 4.87. The van der Waals surface area contributed by atoms with Crippen LogP contribution in [0, 0.1) is 0 Å². The highest BCUT2D eigenvalue weighted by molar-refractivity contribution is 9.10. The first-order chi connectivity index (χ1) is 18.6. The summed E-state index contributed by atoms with van der Waals surface area (Å²) >= 11 is 7.15. The van der Waals surface area contributed by atoms with Gasteiger partial charge in [0.05, 0.1) is 0 Å². The molecule has 0 unspecified atom stereocenters. The molecule has 38 heavy (non-hydrogen) atoms. The summed E-state index contributed by atoms with van der Waals surface area (Å²) in [5.74, 6) is 2.02. The Morgan fingerprint density at radius 2 is 0.947 bits per heavy atom. The minimum atomic E-state index is 0.667. The lowest BCUT2D eigenvalue weighted by Gasteiger charge is -2.09. The molecule has 198 valence electrons. The Balaban J connectivity index is 1.41. The molecule has 5 heteroatoms. The van der Waals surface area contributed by atoms with E-state index in [1.165, 1.54) is 69.8 Å². The van der Waals surface area contributed by atoms with Gasteiger partial charge in [-0.05, 0) is 42.7 Å². The third-order valence-corrected chi connectivity index (χ3v) is 7.82. The van der Waals surface area contributed by atoms with Crippen LogP contribution in [-0.4, -0.2) is 15.0 Å². The van der Waals surface area contributed by atoms with Gasteiger partial charge in [0, 0.05) is 25.6 Å². The largest absolute Gasteiger partial charge is 0.208 e. The van der Waals surface area contributed by atoms with Crippen LogP contribution in [0.5, 0.6) is 0 Å². The van der Waals surface area contributed by atoms with Gasteiger partial charge in [-0.1, -0.05) is 145 Å². The third kappa shape index (κ3) is 8.84. The molecule has 0 fully saturated rings. The van der Waals surface area contributed by atoms with Crippen molar-refractivity contribution in [2.24, 2.45) is 0 Å². The lowest BCUT2D eigenvalue weighted by Crippen LogP contribution is -2.00. The Labute approximate surface area is 244 Å². The predicted octanol–water partition coefficient (Wildman–Crippen LogP) is 10.9. The van der Waals surface area contributed by atoms with Crippen LogP contribution in [0.3, 0.4) is 0 Å². The van der Waals surface area contributed by atoms with E-state index >= 15 is 0 Å². The summed E-state index contributed by atoms with van der Waals surface area (Å²) in [5, 5.41) is 0. The van der Waals surface area contributed by atoms with Crippen LogP contribution in [-0.2, 0) is 6.42 Å². The maximum absolute atomic E-state index is 4.87. The number of hydrogen-bond acceptors (Lipinski definition) is 3. The average Bonchev–Trinajstić information content (AvgIpc) is 2.94. The fourth-order valence-electron chi connectivity index (χ4n) is 4.66. The molecule has 0 aliphatic heterocycles. The monoisotopic (exact) mass is 633 g/mol. The van der Waals surface area contributed by atoms with Crippen LogP contribution >= 0.6 is 31.9 Å². The second-order valence-electron chi connectivity index (χ2n) is 9.96. The smallest absolute Gasteiger partial charge is 0.164 e. The van der Waals surface area contributed by atoms with Crippen LogP contribution in [0.2, 0.25) is 0 Å². The highest BCUT2D eigenvalue weighted by Crippen LogP contribution is 2.27. The van der Waals surface area contributed by atoms with E-state index in [0.29, 0.717) is 17.5 Å². The van der Waals surface area contributed by atoms with Crippen molar-refractivity contribution >= 4 is 31.9 Å². The Morgan fingerprint density at radius 3 is 1.42 bits per heavy atom. The number of hydrogen-bond donors (Lipinski definition) is 0. The van der Waals surface area contributed by atoms with Gasteiger partial charge in [-0.3, -0.25) is 0 Å². The molecule has 0 spiro atoms. The van der Waals surface area contributed by atoms with Gasteiger partial charge in [0.2, 0.25) is 0 Å². The second-order valence-corrected chi connectivity index (χ2v) is 11.8. The Hall–Kier alpha value is -2.37. The molecular formula is C33H37Br2N3. The molecule has 1 aromatic heterocycles. The zero-order valence-corrected chi connectivity index (χ0v) is 25.5. The van der Waals surface area contributed by atoms with E-state index < -0.39 is 0 Å². The zero-order valence-electron chi connectivity index (χ0n) is 22.3. The summed E-state index contributed by atoms with van der Waals surface area (Å²) in [6.07, 6.45) is 14.8. The maximum Gasteiger partial charge on any atom is 0.164 e. The second kappa shape index (κ2) is 15.3. The molecular weight excluding hydrogens is 598 g/mol. The summed E-state index contributed by atoms with van der Waals surface area (Å²) in [7, 11) is 0. The van der Waals surface area contributed by atoms with Gasteiger partial charge in [-0.25, -0.2) is 15.0 Å². The molecule has 4 rings (SSSR count). The van der Waals surface area contributed by atoms with E-state index in [9.17, 15) is 0 Å². The first-order valence-electron chi connectivity index (χ1n) is 14.0. The van der Waals surface area contributed by atoms with Crippen LogP contribution in [0.25, 0.3) is 34.2 Å². The van der Waals surface area contributed by atoms with E-state index in [-0.39, 0.29) is 0 Å². The Morgan fingerprint density at radius 1 is 0.500 bits per heavy atom. The SMILES string of the molecule is CCCCCCCCCCCCc1ccc(-c2nc(-c3cccc(Br)c3)nc(-c3cccc(Br)c3)n2)cc1. The van der Waals surface area contributed by atoms with Gasteiger partial charge in [0.25, 0.3) is 0 Å². The van der Waals surface area contributed by atoms with Crippen molar-refractivity contribution in [2.75, 3.05) is 0 Å². The van der Waals surface area contributed by atoms with E-state index in [4.69, 9.17) is 15.0 Å². The molecule has 0 N–H and O–H groups in total. The number of aromatic nitrogens is 3. The van der Waals surface area contributed by atoms with E-state index in [0.717, 1.165) is 32.1 Å². The van der Waals surface area contributed by atoms with Crippen molar-refractivity contribution in [3.05, 3.63) is 87.3 Å². The van der Waals surface area contributed by atoms with Gasteiger partial charge < -0.3 is 0 Å². The molecule has 0 aliphatic rings. The quantitative estimate of drug-likeness (QED) is 0.129. The van der Waals surface area contributed by atoms with Crippen LogP contribution in [0.4, 0.5) is 0 Å². The molecule has 0 saturated carbocycles. The minimum Gasteiger partial charge on any atom is -0.208 e. The van der Waals surface area contributed by atoms with Gasteiger partial charge in [0.1, 0.15) is 0 Å². The van der Waals surface area contributed by atoms with Crippen molar-refractivity contribution in [2.45, 2.75) is 77.6 Å². The van der Waals surface area contributed by atoms with Crippen molar-refractivity contribution < 1.29 is 0 Å². The predicted molar refractivity (Wildman–Crippen MR) is 167 cm³/mol. The summed E-state index contributed by atoms with van der Waals surface area (Å²) in [5.41, 5.74) is 4.29. The summed E-state index contributed by atoms with van der Waals surface area (Å²) in [6.45, 7) is 2.28. The highest BCUT2D eigenvalue weighted by atomic mass is 79.9. The zero-order chi connectivity index (χ0) is 26.6. The third-order valence-electron chi connectivity index (χ3n) is 6.83. The van der Waals surface area contributed by atoms with Crippen LogP contribution in [0.1, 0.15) is 76.7 Å². The van der Waals surface area contributed by atoms with E-state index in [1.54, 1.807) is 0 Å². The molecule has 0 aliphatic carbocycles. The van der Waals surface area contributed by atoms with Gasteiger partial charge in [-0.15, -0.1) is 0 Å². The fraction of sp³-hybridized carbons (Fsp3) is 0.364. The molecule has 0 radical (unpaired) electrons. The molecule has 1 heterocycles. The topological polar surface area (TPSA) is 38.7 Å². The van der Waals surface area contributed by atoms with Crippen molar-refractivity contribution in [3.8, 4) is 34.2 Å². The number of aryl methyl sites for hydroxylation is 1. The lowest BCUT2D eigenvalue weighted by molar-refractivity contribution is 0.556.